The second kappa shape index (κ2) is 7.10. The molecular formula is C16H23N3O. The van der Waals surface area contributed by atoms with E-state index in [1.807, 2.05) is 38.5 Å². The van der Waals surface area contributed by atoms with Gasteiger partial charge in [-0.2, -0.15) is 0 Å². The summed E-state index contributed by atoms with van der Waals surface area (Å²) in [5.41, 5.74) is 1.20. The van der Waals surface area contributed by atoms with Gasteiger partial charge in [0, 0.05) is 19.4 Å². The Morgan fingerprint density at radius 3 is 2.55 bits per heavy atom. The van der Waals surface area contributed by atoms with Crippen molar-refractivity contribution in [3.8, 4) is 5.75 Å². The fourth-order valence-corrected chi connectivity index (χ4v) is 2.23. The molecule has 0 fully saturated rings. The van der Waals surface area contributed by atoms with Crippen LogP contribution in [0.5, 0.6) is 5.75 Å². The number of hydrogen-bond donors (Lipinski definition) is 1. The highest BCUT2D eigenvalue weighted by Gasteiger charge is 2.17. The summed E-state index contributed by atoms with van der Waals surface area (Å²) in [6.07, 6.45) is 4.91. The predicted octanol–water partition coefficient (Wildman–Crippen LogP) is 2.91. The van der Waals surface area contributed by atoms with Crippen LogP contribution in [0, 0.1) is 0 Å². The molecule has 0 radical (unpaired) electrons. The Morgan fingerprint density at radius 1 is 1.25 bits per heavy atom. The summed E-state index contributed by atoms with van der Waals surface area (Å²) in [4.78, 5) is 4.47. The maximum absolute atomic E-state index is 5.49. The summed E-state index contributed by atoms with van der Waals surface area (Å²) in [5, 5.41) is 3.56. The predicted molar refractivity (Wildman–Crippen MR) is 81.0 cm³/mol. The molecule has 1 atom stereocenters. The number of aryl methyl sites for hydroxylation is 1. The third-order valence-electron chi connectivity index (χ3n) is 3.24. The van der Waals surface area contributed by atoms with E-state index in [1.165, 1.54) is 5.56 Å². The van der Waals surface area contributed by atoms with Gasteiger partial charge < -0.3 is 14.6 Å². The third kappa shape index (κ3) is 3.39. The third-order valence-corrected chi connectivity index (χ3v) is 3.24. The smallest absolute Gasteiger partial charge is 0.130 e. The Morgan fingerprint density at radius 2 is 2.00 bits per heavy atom. The molecule has 1 heterocycles. The van der Waals surface area contributed by atoms with Crippen LogP contribution in [0.1, 0.15) is 37.7 Å². The van der Waals surface area contributed by atoms with Crippen molar-refractivity contribution in [2.24, 2.45) is 7.05 Å². The minimum atomic E-state index is 0.116. The zero-order valence-corrected chi connectivity index (χ0v) is 12.5. The van der Waals surface area contributed by atoms with Crippen LogP contribution in [-0.4, -0.2) is 22.7 Å². The highest BCUT2D eigenvalue weighted by Crippen LogP contribution is 2.23. The van der Waals surface area contributed by atoms with Gasteiger partial charge in [0.15, 0.2) is 0 Å². The van der Waals surface area contributed by atoms with Crippen LogP contribution in [0.2, 0.25) is 0 Å². The molecule has 0 spiro atoms. The van der Waals surface area contributed by atoms with Crippen molar-refractivity contribution in [3.05, 3.63) is 48.0 Å². The van der Waals surface area contributed by atoms with E-state index in [0.717, 1.165) is 24.5 Å². The monoisotopic (exact) mass is 273 g/mol. The second-order valence-electron chi connectivity index (χ2n) is 4.79. The average Bonchev–Trinajstić information content (AvgIpc) is 2.88. The summed E-state index contributed by atoms with van der Waals surface area (Å²) in [6, 6.07) is 8.36. The molecule has 1 aromatic carbocycles. The molecule has 4 nitrogen and oxygen atoms in total. The fourth-order valence-electron chi connectivity index (χ4n) is 2.23. The van der Waals surface area contributed by atoms with E-state index in [2.05, 4.69) is 33.9 Å². The van der Waals surface area contributed by atoms with E-state index in [1.54, 1.807) is 0 Å². The van der Waals surface area contributed by atoms with Crippen molar-refractivity contribution in [1.82, 2.24) is 14.9 Å². The van der Waals surface area contributed by atoms with Gasteiger partial charge in [-0.3, -0.25) is 0 Å². The van der Waals surface area contributed by atoms with Crippen molar-refractivity contribution in [2.45, 2.75) is 26.3 Å². The van der Waals surface area contributed by atoms with Crippen molar-refractivity contribution in [1.29, 1.82) is 0 Å². The van der Waals surface area contributed by atoms with Gasteiger partial charge in [0.05, 0.1) is 12.6 Å². The number of benzene rings is 1. The number of hydrogen-bond acceptors (Lipinski definition) is 3. The Bertz CT molecular complexity index is 519. The largest absolute Gasteiger partial charge is 0.494 e. The first kappa shape index (κ1) is 14.6. The van der Waals surface area contributed by atoms with E-state index >= 15 is 0 Å². The van der Waals surface area contributed by atoms with Crippen molar-refractivity contribution < 1.29 is 4.74 Å². The van der Waals surface area contributed by atoms with Gasteiger partial charge in [0.25, 0.3) is 0 Å². The van der Waals surface area contributed by atoms with E-state index < -0.39 is 0 Å². The molecule has 0 saturated heterocycles. The van der Waals surface area contributed by atoms with Crippen LogP contribution in [0.15, 0.2) is 36.7 Å². The second-order valence-corrected chi connectivity index (χ2v) is 4.79. The van der Waals surface area contributed by atoms with Crippen LogP contribution >= 0.6 is 0 Å². The van der Waals surface area contributed by atoms with Gasteiger partial charge in [-0.15, -0.1) is 0 Å². The first-order chi connectivity index (χ1) is 9.76. The molecule has 2 rings (SSSR count). The summed E-state index contributed by atoms with van der Waals surface area (Å²) >= 11 is 0. The number of rotatable bonds is 7. The van der Waals surface area contributed by atoms with Crippen LogP contribution < -0.4 is 10.1 Å². The number of nitrogens with zero attached hydrogens (tertiary/aromatic N) is 2. The zero-order chi connectivity index (χ0) is 14.4. The van der Waals surface area contributed by atoms with E-state index in [0.29, 0.717) is 6.61 Å². The molecule has 0 saturated carbocycles. The van der Waals surface area contributed by atoms with Gasteiger partial charge in [-0.1, -0.05) is 19.1 Å². The van der Waals surface area contributed by atoms with Crippen molar-refractivity contribution in [2.75, 3.05) is 13.2 Å². The molecule has 1 aromatic heterocycles. The highest BCUT2D eigenvalue weighted by molar-refractivity contribution is 5.32. The lowest BCUT2D eigenvalue weighted by Crippen LogP contribution is -2.25. The molecule has 20 heavy (non-hydrogen) atoms. The fraction of sp³-hybridized carbons (Fsp3) is 0.438. The van der Waals surface area contributed by atoms with Crippen LogP contribution in [0.4, 0.5) is 0 Å². The van der Waals surface area contributed by atoms with E-state index in [4.69, 9.17) is 4.74 Å². The summed E-state index contributed by atoms with van der Waals surface area (Å²) in [5.74, 6) is 1.94. The SMILES string of the molecule is CCCNC(c1ccc(OCC)cc1)c1nccn1C. The maximum Gasteiger partial charge on any atom is 0.130 e. The van der Waals surface area contributed by atoms with E-state index in [-0.39, 0.29) is 6.04 Å². The Labute approximate surface area is 120 Å². The Hall–Kier alpha value is -1.81. The van der Waals surface area contributed by atoms with Crippen molar-refractivity contribution >= 4 is 0 Å². The maximum atomic E-state index is 5.49. The van der Waals surface area contributed by atoms with Gasteiger partial charge >= 0.3 is 0 Å². The quantitative estimate of drug-likeness (QED) is 0.843. The van der Waals surface area contributed by atoms with Crippen molar-refractivity contribution in [3.63, 3.8) is 0 Å². The molecule has 4 heteroatoms. The number of imidazole rings is 1. The average molecular weight is 273 g/mol. The minimum absolute atomic E-state index is 0.116. The first-order valence-electron chi connectivity index (χ1n) is 7.19. The standard InChI is InChI=1S/C16H23N3O/c1-4-10-17-15(16-18-11-12-19(16)3)13-6-8-14(9-7-13)20-5-2/h6-9,11-12,15,17H,4-5,10H2,1-3H3. The minimum Gasteiger partial charge on any atom is -0.494 e. The lowest BCUT2D eigenvalue weighted by Gasteiger charge is -2.19. The summed E-state index contributed by atoms with van der Waals surface area (Å²) in [7, 11) is 2.03. The lowest BCUT2D eigenvalue weighted by molar-refractivity contribution is 0.340. The van der Waals surface area contributed by atoms with Gasteiger partial charge in [-0.05, 0) is 37.6 Å². The van der Waals surface area contributed by atoms with Gasteiger partial charge in [0.2, 0.25) is 0 Å². The van der Waals surface area contributed by atoms with Gasteiger partial charge in [-0.25, -0.2) is 4.98 Å². The molecule has 1 unspecified atom stereocenters. The topological polar surface area (TPSA) is 39.1 Å². The normalized spacial score (nSPS) is 12.3. The number of nitrogens with one attached hydrogen (secondary N) is 1. The molecule has 0 aliphatic heterocycles. The molecule has 108 valence electrons. The molecular weight excluding hydrogens is 250 g/mol. The molecule has 2 aromatic rings. The zero-order valence-electron chi connectivity index (χ0n) is 12.5. The van der Waals surface area contributed by atoms with Gasteiger partial charge in [0.1, 0.15) is 11.6 Å². The van der Waals surface area contributed by atoms with Crippen LogP contribution in [0.3, 0.4) is 0 Å². The number of ether oxygens (including phenoxy) is 1. The molecule has 0 aliphatic carbocycles. The van der Waals surface area contributed by atoms with Crippen LogP contribution in [-0.2, 0) is 7.05 Å². The number of aromatic nitrogens is 2. The van der Waals surface area contributed by atoms with Crippen LogP contribution in [0.25, 0.3) is 0 Å². The first-order valence-corrected chi connectivity index (χ1v) is 7.19. The Balaban J connectivity index is 2.24. The lowest BCUT2D eigenvalue weighted by atomic mass is 10.1. The molecule has 1 N–H and O–H groups in total. The Kier molecular flexibility index (Phi) is 5.18. The van der Waals surface area contributed by atoms with E-state index in [9.17, 15) is 0 Å². The highest BCUT2D eigenvalue weighted by atomic mass is 16.5. The summed E-state index contributed by atoms with van der Waals surface area (Å²) in [6.45, 7) is 5.81. The molecule has 0 bridgehead atoms. The molecule has 0 aliphatic rings. The summed E-state index contributed by atoms with van der Waals surface area (Å²) < 4.78 is 7.55. The molecule has 0 amide bonds.